The number of piperidine rings is 1. The van der Waals surface area contributed by atoms with Crippen molar-refractivity contribution in [3.8, 4) is 0 Å². The number of likely N-dealkylation sites (tertiary alicyclic amines) is 1. The van der Waals surface area contributed by atoms with Crippen molar-refractivity contribution < 1.29 is 13.2 Å². The van der Waals surface area contributed by atoms with E-state index in [0.29, 0.717) is 38.8 Å². The quantitative estimate of drug-likeness (QED) is 0.561. The molecular formula is C21H34N4O3S. The maximum atomic E-state index is 12.8. The summed E-state index contributed by atoms with van der Waals surface area (Å²) < 4.78 is 32.5. The number of nitrogens with zero attached hydrogens (tertiary/aromatic N) is 3. The predicted octanol–water partition coefficient (Wildman–Crippen LogP) is 2.05. The van der Waals surface area contributed by atoms with Crippen molar-refractivity contribution in [2.24, 2.45) is 10.9 Å². The lowest BCUT2D eigenvalue weighted by Crippen LogP contribution is -2.46. The van der Waals surface area contributed by atoms with Crippen LogP contribution in [-0.2, 0) is 27.1 Å². The number of hydrogen-bond acceptors (Lipinski definition) is 4. The monoisotopic (exact) mass is 422 g/mol. The molecule has 2 aliphatic heterocycles. The van der Waals surface area contributed by atoms with Crippen LogP contribution in [0.3, 0.4) is 0 Å². The molecule has 0 spiro atoms. The molecule has 3 rings (SSSR count). The molecule has 0 aromatic heterocycles. The maximum Gasteiger partial charge on any atom is 0.218 e. The Morgan fingerprint density at radius 3 is 2.62 bits per heavy atom. The van der Waals surface area contributed by atoms with Crippen molar-refractivity contribution in [2.45, 2.75) is 39.0 Å². The molecule has 2 saturated heterocycles. The number of aliphatic imine (C=N–C) groups is 1. The van der Waals surface area contributed by atoms with E-state index in [2.05, 4.69) is 24.1 Å². The van der Waals surface area contributed by atoms with E-state index < -0.39 is 10.0 Å². The van der Waals surface area contributed by atoms with Gasteiger partial charge in [-0.15, -0.1) is 0 Å². The number of sulfonamides is 1. The molecule has 7 nitrogen and oxygen atoms in total. The Morgan fingerprint density at radius 2 is 1.93 bits per heavy atom. The number of ether oxygens (including phenoxy) is 1. The number of benzene rings is 1. The number of guanidine groups is 1. The third-order valence-electron chi connectivity index (χ3n) is 5.51. The highest BCUT2D eigenvalue weighted by Crippen LogP contribution is 2.19. The molecule has 2 aliphatic rings. The van der Waals surface area contributed by atoms with Crippen molar-refractivity contribution >= 4 is 16.0 Å². The van der Waals surface area contributed by atoms with Crippen LogP contribution >= 0.6 is 0 Å². The minimum Gasteiger partial charge on any atom is -0.379 e. The van der Waals surface area contributed by atoms with Gasteiger partial charge < -0.3 is 15.0 Å². The maximum absolute atomic E-state index is 12.8. The molecule has 2 heterocycles. The predicted molar refractivity (Wildman–Crippen MR) is 116 cm³/mol. The van der Waals surface area contributed by atoms with Gasteiger partial charge in [0.05, 0.1) is 25.5 Å². The van der Waals surface area contributed by atoms with Gasteiger partial charge in [-0.1, -0.05) is 31.2 Å². The molecule has 0 saturated carbocycles. The van der Waals surface area contributed by atoms with Gasteiger partial charge in [0.1, 0.15) is 0 Å². The largest absolute Gasteiger partial charge is 0.379 e. The van der Waals surface area contributed by atoms with Gasteiger partial charge in [-0.3, -0.25) is 0 Å². The van der Waals surface area contributed by atoms with Crippen LogP contribution in [0.15, 0.2) is 29.3 Å². The Labute approximate surface area is 175 Å². The van der Waals surface area contributed by atoms with Crippen LogP contribution in [0.5, 0.6) is 0 Å². The van der Waals surface area contributed by atoms with Gasteiger partial charge in [0, 0.05) is 32.7 Å². The lowest BCUT2D eigenvalue weighted by molar-refractivity contribution is 0.0729. The van der Waals surface area contributed by atoms with E-state index in [1.165, 1.54) is 17.1 Å². The molecular weight excluding hydrogens is 388 g/mol. The first kappa shape index (κ1) is 22.1. The first-order valence-corrected chi connectivity index (χ1v) is 12.3. The summed E-state index contributed by atoms with van der Waals surface area (Å²) in [6.07, 6.45) is 2.44. The summed E-state index contributed by atoms with van der Waals surface area (Å²) in [6.45, 7) is 9.46. The molecule has 2 fully saturated rings. The zero-order valence-electron chi connectivity index (χ0n) is 17.6. The standard InChI is InChI=1S/C21H34N4O3S/c1-3-22-21(24-10-6-7-18(2)16-24)23-15-19-8-4-5-9-20(19)17-29(26,27)25-11-13-28-14-12-25/h4-5,8-9,18H,3,6-7,10-17H2,1-2H3,(H,22,23). The summed E-state index contributed by atoms with van der Waals surface area (Å²) in [5, 5.41) is 3.40. The van der Waals surface area contributed by atoms with Crippen molar-refractivity contribution in [3.05, 3.63) is 35.4 Å². The molecule has 29 heavy (non-hydrogen) atoms. The molecule has 0 aliphatic carbocycles. The second-order valence-corrected chi connectivity index (χ2v) is 9.87. The normalized spacial score (nSPS) is 21.9. The van der Waals surface area contributed by atoms with Gasteiger partial charge in [-0.25, -0.2) is 13.4 Å². The van der Waals surface area contributed by atoms with Crippen LogP contribution in [0.4, 0.5) is 0 Å². The van der Waals surface area contributed by atoms with E-state index >= 15 is 0 Å². The van der Waals surface area contributed by atoms with Crippen molar-refractivity contribution in [1.82, 2.24) is 14.5 Å². The Hall–Kier alpha value is -1.64. The molecule has 162 valence electrons. The smallest absolute Gasteiger partial charge is 0.218 e. The highest BCUT2D eigenvalue weighted by Gasteiger charge is 2.25. The topological polar surface area (TPSA) is 74.2 Å². The number of hydrogen-bond donors (Lipinski definition) is 1. The first-order chi connectivity index (χ1) is 14.0. The van der Waals surface area contributed by atoms with Gasteiger partial charge in [-0.2, -0.15) is 4.31 Å². The fourth-order valence-corrected chi connectivity index (χ4v) is 5.50. The van der Waals surface area contributed by atoms with Gasteiger partial charge >= 0.3 is 0 Å². The molecule has 1 unspecified atom stereocenters. The summed E-state index contributed by atoms with van der Waals surface area (Å²) >= 11 is 0. The van der Waals surface area contributed by atoms with Crippen LogP contribution < -0.4 is 5.32 Å². The summed E-state index contributed by atoms with van der Waals surface area (Å²) in [5.41, 5.74) is 1.79. The van der Waals surface area contributed by atoms with E-state index in [0.717, 1.165) is 36.7 Å². The molecule has 0 bridgehead atoms. The van der Waals surface area contributed by atoms with Gasteiger partial charge in [-0.05, 0) is 36.8 Å². The molecule has 0 amide bonds. The molecule has 1 N–H and O–H groups in total. The van der Waals surface area contributed by atoms with Crippen molar-refractivity contribution in [2.75, 3.05) is 45.9 Å². The summed E-state index contributed by atoms with van der Waals surface area (Å²) in [6, 6.07) is 7.73. The van der Waals surface area contributed by atoms with Gasteiger partial charge in [0.15, 0.2) is 5.96 Å². The van der Waals surface area contributed by atoms with Crippen molar-refractivity contribution in [1.29, 1.82) is 0 Å². The Bertz CT molecular complexity index is 791. The molecule has 1 atom stereocenters. The van der Waals surface area contributed by atoms with E-state index in [9.17, 15) is 8.42 Å². The third kappa shape index (κ3) is 6.17. The van der Waals surface area contributed by atoms with E-state index in [4.69, 9.17) is 9.73 Å². The minimum absolute atomic E-state index is 0.00990. The fraction of sp³-hybridized carbons (Fsp3) is 0.667. The highest BCUT2D eigenvalue weighted by molar-refractivity contribution is 7.88. The molecule has 8 heteroatoms. The van der Waals surface area contributed by atoms with Crippen LogP contribution in [0.1, 0.15) is 37.8 Å². The number of nitrogens with one attached hydrogen (secondary N) is 1. The summed E-state index contributed by atoms with van der Waals surface area (Å²) in [5.74, 6) is 1.60. The zero-order chi connectivity index (χ0) is 20.7. The Morgan fingerprint density at radius 1 is 1.21 bits per heavy atom. The lowest BCUT2D eigenvalue weighted by Gasteiger charge is -2.33. The zero-order valence-corrected chi connectivity index (χ0v) is 18.5. The summed E-state index contributed by atoms with van der Waals surface area (Å²) in [7, 11) is -3.36. The second kappa shape index (κ2) is 10.4. The highest BCUT2D eigenvalue weighted by atomic mass is 32.2. The molecule has 0 radical (unpaired) electrons. The fourth-order valence-electron chi connectivity index (χ4n) is 3.93. The van der Waals surface area contributed by atoms with E-state index in [1.54, 1.807) is 0 Å². The van der Waals surface area contributed by atoms with Gasteiger partial charge in [0.2, 0.25) is 10.0 Å². The van der Waals surface area contributed by atoms with Crippen LogP contribution in [-0.4, -0.2) is 69.5 Å². The summed E-state index contributed by atoms with van der Waals surface area (Å²) in [4.78, 5) is 7.17. The first-order valence-electron chi connectivity index (χ1n) is 10.6. The van der Waals surface area contributed by atoms with Crippen LogP contribution in [0.2, 0.25) is 0 Å². The average molecular weight is 423 g/mol. The SMILES string of the molecule is CCNC(=NCc1ccccc1CS(=O)(=O)N1CCOCC1)N1CCCC(C)C1. The van der Waals surface area contributed by atoms with E-state index in [1.807, 2.05) is 24.3 Å². The lowest BCUT2D eigenvalue weighted by atomic mass is 10.0. The Kier molecular flexibility index (Phi) is 7.91. The third-order valence-corrected chi connectivity index (χ3v) is 7.34. The molecule has 1 aromatic carbocycles. The average Bonchev–Trinajstić information content (AvgIpc) is 2.72. The minimum atomic E-state index is -3.36. The number of morpholine rings is 1. The van der Waals surface area contributed by atoms with Crippen molar-refractivity contribution in [3.63, 3.8) is 0 Å². The Balaban J connectivity index is 1.74. The van der Waals surface area contributed by atoms with E-state index in [-0.39, 0.29) is 5.75 Å². The van der Waals surface area contributed by atoms with Gasteiger partial charge in [0.25, 0.3) is 0 Å². The number of rotatable bonds is 6. The van der Waals surface area contributed by atoms with Crippen LogP contribution in [0.25, 0.3) is 0 Å². The molecule has 1 aromatic rings. The second-order valence-electron chi connectivity index (χ2n) is 7.90. The van der Waals surface area contributed by atoms with Crippen LogP contribution in [0, 0.1) is 5.92 Å².